The fraction of sp³-hybridized carbons (Fsp3) is 0.182. The number of nitrogens with zero attached hydrogens (tertiary/aromatic N) is 3. The van der Waals surface area contributed by atoms with E-state index in [1.807, 2.05) is 76.2 Å². The van der Waals surface area contributed by atoms with Gasteiger partial charge in [-0.05, 0) is 81.8 Å². The molecule has 1 amide bonds. The molecule has 0 aliphatic rings. The summed E-state index contributed by atoms with van der Waals surface area (Å²) in [5.41, 5.74) is 8.34. The van der Waals surface area contributed by atoms with E-state index in [0.717, 1.165) is 34.0 Å². The zero-order valence-electron chi connectivity index (χ0n) is 16.2. The first-order chi connectivity index (χ1) is 13.3. The van der Waals surface area contributed by atoms with E-state index in [9.17, 15) is 10.1 Å². The number of carbonyl (C=O) groups is 1. The first-order valence-corrected chi connectivity index (χ1v) is 9.22. The Labute approximate surface area is 169 Å². The van der Waals surface area contributed by atoms with Crippen LogP contribution >= 0.6 is 11.6 Å². The predicted octanol–water partition coefficient (Wildman–Crippen LogP) is 4.84. The summed E-state index contributed by atoms with van der Waals surface area (Å²) in [5, 5.41) is 10.2. The molecule has 28 heavy (non-hydrogen) atoms. The van der Waals surface area contributed by atoms with Crippen LogP contribution in [-0.2, 0) is 4.79 Å². The molecule has 1 N–H and O–H groups in total. The topological polar surface area (TPSA) is 62.8 Å². The SMILES string of the molecule is Cc1ccc(C)n1NC(=O)/C(C#N)=C\c1cc(C)n(-c2ccc(Cl)cc2)c1C. The molecule has 0 aliphatic heterocycles. The fourth-order valence-electron chi connectivity index (χ4n) is 3.23. The fourth-order valence-corrected chi connectivity index (χ4v) is 3.36. The summed E-state index contributed by atoms with van der Waals surface area (Å²) >= 11 is 5.99. The maximum absolute atomic E-state index is 12.6. The summed E-state index contributed by atoms with van der Waals surface area (Å²) in [5.74, 6) is -0.443. The molecule has 0 aliphatic carbocycles. The standard InChI is InChI=1S/C22H21ClN4O/c1-14-5-6-15(2)27(14)25-22(28)19(13-24)12-18-11-16(3)26(17(18)4)21-9-7-20(23)8-10-21/h5-12H,1-4H3,(H,25,28)/b19-12-. The van der Waals surface area contributed by atoms with Gasteiger partial charge in [0.25, 0.3) is 5.91 Å². The number of carbonyl (C=O) groups excluding carboxylic acids is 1. The smallest absolute Gasteiger partial charge is 0.280 e. The number of amides is 1. The summed E-state index contributed by atoms with van der Waals surface area (Å²) in [6.45, 7) is 7.73. The van der Waals surface area contributed by atoms with Gasteiger partial charge >= 0.3 is 0 Å². The number of rotatable bonds is 4. The van der Waals surface area contributed by atoms with Gasteiger partial charge in [-0.3, -0.25) is 14.9 Å². The average molecular weight is 393 g/mol. The maximum Gasteiger partial charge on any atom is 0.280 e. The lowest BCUT2D eigenvalue weighted by molar-refractivity contribution is -0.113. The number of halogens is 1. The van der Waals surface area contributed by atoms with Crippen molar-refractivity contribution in [3.05, 3.63) is 81.4 Å². The normalized spacial score (nSPS) is 11.4. The van der Waals surface area contributed by atoms with E-state index >= 15 is 0 Å². The molecule has 3 aromatic rings. The Morgan fingerprint density at radius 1 is 1.04 bits per heavy atom. The van der Waals surface area contributed by atoms with Crippen LogP contribution in [0.1, 0.15) is 28.3 Å². The molecule has 2 heterocycles. The lowest BCUT2D eigenvalue weighted by atomic mass is 10.1. The van der Waals surface area contributed by atoms with Gasteiger partial charge in [0.15, 0.2) is 0 Å². The number of aryl methyl sites for hydroxylation is 3. The molecule has 3 rings (SSSR count). The molecule has 0 radical (unpaired) electrons. The second kappa shape index (κ2) is 7.79. The van der Waals surface area contributed by atoms with E-state index in [-0.39, 0.29) is 5.57 Å². The van der Waals surface area contributed by atoms with E-state index in [4.69, 9.17) is 11.6 Å². The van der Waals surface area contributed by atoms with Crippen LogP contribution in [0.4, 0.5) is 0 Å². The Balaban J connectivity index is 1.95. The van der Waals surface area contributed by atoms with E-state index < -0.39 is 5.91 Å². The van der Waals surface area contributed by atoms with Crippen molar-refractivity contribution in [3.8, 4) is 11.8 Å². The Morgan fingerprint density at radius 3 is 2.21 bits per heavy atom. The molecule has 0 saturated heterocycles. The highest BCUT2D eigenvalue weighted by Gasteiger charge is 2.15. The Morgan fingerprint density at radius 2 is 1.64 bits per heavy atom. The number of hydrogen-bond acceptors (Lipinski definition) is 2. The molecule has 0 saturated carbocycles. The van der Waals surface area contributed by atoms with Crippen LogP contribution in [0.2, 0.25) is 5.02 Å². The molecule has 0 unspecified atom stereocenters. The van der Waals surface area contributed by atoms with Crippen LogP contribution in [-0.4, -0.2) is 15.2 Å². The molecule has 6 heteroatoms. The minimum Gasteiger partial charge on any atom is -0.318 e. The second-order valence-corrected chi connectivity index (χ2v) is 7.14. The second-order valence-electron chi connectivity index (χ2n) is 6.70. The van der Waals surface area contributed by atoms with Crippen molar-refractivity contribution in [1.29, 1.82) is 5.26 Å². The van der Waals surface area contributed by atoms with Crippen molar-refractivity contribution in [3.63, 3.8) is 0 Å². The molecular formula is C22H21ClN4O. The van der Waals surface area contributed by atoms with E-state index in [2.05, 4.69) is 9.99 Å². The van der Waals surface area contributed by atoms with Gasteiger partial charge < -0.3 is 4.57 Å². The monoisotopic (exact) mass is 392 g/mol. The van der Waals surface area contributed by atoms with Crippen LogP contribution < -0.4 is 5.43 Å². The minimum atomic E-state index is -0.443. The van der Waals surface area contributed by atoms with Crippen LogP contribution in [0.5, 0.6) is 0 Å². The Kier molecular flexibility index (Phi) is 5.43. The van der Waals surface area contributed by atoms with Gasteiger partial charge in [-0.25, -0.2) is 0 Å². The van der Waals surface area contributed by atoms with E-state index in [1.54, 1.807) is 10.8 Å². The summed E-state index contributed by atoms with van der Waals surface area (Å²) in [6, 6.07) is 15.3. The summed E-state index contributed by atoms with van der Waals surface area (Å²) < 4.78 is 3.74. The van der Waals surface area contributed by atoms with Crippen molar-refractivity contribution in [1.82, 2.24) is 9.24 Å². The van der Waals surface area contributed by atoms with E-state index in [0.29, 0.717) is 5.02 Å². The maximum atomic E-state index is 12.6. The van der Waals surface area contributed by atoms with Gasteiger partial charge in [-0.2, -0.15) is 5.26 Å². The number of nitrogens with one attached hydrogen (secondary N) is 1. The number of nitriles is 1. The van der Waals surface area contributed by atoms with Crippen LogP contribution in [0.15, 0.2) is 48.0 Å². The summed E-state index contributed by atoms with van der Waals surface area (Å²) in [4.78, 5) is 12.6. The van der Waals surface area contributed by atoms with Gasteiger partial charge in [0.1, 0.15) is 11.6 Å². The Bertz CT molecular complexity index is 1090. The lowest BCUT2D eigenvalue weighted by Crippen LogP contribution is -2.25. The summed E-state index contributed by atoms with van der Waals surface area (Å²) in [7, 11) is 0. The molecular weight excluding hydrogens is 372 g/mol. The molecule has 2 aromatic heterocycles. The van der Waals surface area contributed by atoms with E-state index in [1.165, 1.54) is 0 Å². The van der Waals surface area contributed by atoms with Gasteiger partial charge in [-0.15, -0.1) is 0 Å². The van der Waals surface area contributed by atoms with Crippen molar-refractivity contribution in [2.75, 3.05) is 5.43 Å². The third-order valence-corrected chi connectivity index (χ3v) is 4.96. The van der Waals surface area contributed by atoms with Crippen molar-refractivity contribution in [2.24, 2.45) is 0 Å². The third kappa shape index (κ3) is 3.73. The van der Waals surface area contributed by atoms with Gasteiger partial charge in [-0.1, -0.05) is 11.6 Å². The first-order valence-electron chi connectivity index (χ1n) is 8.85. The molecule has 0 bridgehead atoms. The molecule has 5 nitrogen and oxygen atoms in total. The van der Waals surface area contributed by atoms with Crippen molar-refractivity contribution in [2.45, 2.75) is 27.7 Å². The number of benzene rings is 1. The van der Waals surface area contributed by atoms with Crippen molar-refractivity contribution >= 4 is 23.6 Å². The quantitative estimate of drug-likeness (QED) is 0.510. The highest BCUT2D eigenvalue weighted by Crippen LogP contribution is 2.24. The molecule has 142 valence electrons. The van der Waals surface area contributed by atoms with Crippen LogP contribution in [0.3, 0.4) is 0 Å². The summed E-state index contributed by atoms with van der Waals surface area (Å²) in [6.07, 6.45) is 1.62. The first kappa shape index (κ1) is 19.5. The van der Waals surface area contributed by atoms with Gasteiger partial charge in [0, 0.05) is 33.5 Å². The van der Waals surface area contributed by atoms with Crippen molar-refractivity contribution < 1.29 is 4.79 Å². The predicted molar refractivity (Wildman–Crippen MR) is 112 cm³/mol. The van der Waals surface area contributed by atoms with Crippen LogP contribution in [0.25, 0.3) is 11.8 Å². The molecule has 1 aromatic carbocycles. The van der Waals surface area contributed by atoms with Gasteiger partial charge in [0.2, 0.25) is 0 Å². The number of aromatic nitrogens is 2. The Hall–Kier alpha value is -3.23. The highest BCUT2D eigenvalue weighted by atomic mass is 35.5. The molecule has 0 fully saturated rings. The number of hydrogen-bond donors (Lipinski definition) is 1. The zero-order chi connectivity index (χ0) is 20.4. The molecule has 0 atom stereocenters. The zero-order valence-corrected chi connectivity index (χ0v) is 17.0. The third-order valence-electron chi connectivity index (χ3n) is 4.70. The average Bonchev–Trinajstić information content (AvgIpc) is 3.13. The minimum absolute atomic E-state index is 0.0452. The largest absolute Gasteiger partial charge is 0.318 e. The van der Waals surface area contributed by atoms with Crippen LogP contribution in [0, 0.1) is 39.0 Å². The molecule has 0 spiro atoms. The lowest BCUT2D eigenvalue weighted by Gasteiger charge is -2.11. The highest BCUT2D eigenvalue weighted by molar-refractivity contribution is 6.30. The van der Waals surface area contributed by atoms with Gasteiger partial charge in [0.05, 0.1) is 0 Å².